The molecule has 0 saturated carbocycles. The number of hydrogen-bond acceptors (Lipinski definition) is 5. The molecule has 0 unspecified atom stereocenters. The fourth-order valence-electron chi connectivity index (χ4n) is 1.87. The SMILES string of the molecule is CC(C)Nc1nc(C(=O)Nc2nc3ccccc3[nH]2)cs1. The molecule has 0 atom stereocenters. The standard InChI is InChI=1S/C14H15N5OS/c1-8(2)15-14-18-11(7-21-14)12(20)19-13-16-9-5-3-4-6-10(9)17-13/h3-8H,1-2H3,(H,15,18)(H2,16,17,19,20). The Morgan fingerprint density at radius 2 is 2.10 bits per heavy atom. The number of imidazole rings is 1. The number of H-pyrrole nitrogens is 1. The summed E-state index contributed by atoms with van der Waals surface area (Å²) in [5.74, 6) is 0.148. The molecule has 3 N–H and O–H groups in total. The van der Waals surface area contributed by atoms with Crippen LogP contribution in [-0.2, 0) is 0 Å². The Labute approximate surface area is 125 Å². The van der Waals surface area contributed by atoms with Gasteiger partial charge in [0.1, 0.15) is 5.69 Å². The topological polar surface area (TPSA) is 82.7 Å². The van der Waals surface area contributed by atoms with E-state index in [2.05, 4.69) is 25.6 Å². The van der Waals surface area contributed by atoms with E-state index in [1.54, 1.807) is 5.38 Å². The highest BCUT2D eigenvalue weighted by molar-refractivity contribution is 7.13. The van der Waals surface area contributed by atoms with Crippen LogP contribution in [0, 0.1) is 0 Å². The van der Waals surface area contributed by atoms with Gasteiger partial charge < -0.3 is 10.3 Å². The first-order valence-corrected chi connectivity index (χ1v) is 7.48. The average molecular weight is 301 g/mol. The van der Waals surface area contributed by atoms with E-state index in [1.807, 2.05) is 38.1 Å². The lowest BCUT2D eigenvalue weighted by molar-refractivity contribution is 0.102. The lowest BCUT2D eigenvalue weighted by Gasteiger charge is -2.04. The number of thiazole rings is 1. The number of hydrogen-bond donors (Lipinski definition) is 3. The zero-order valence-corrected chi connectivity index (χ0v) is 12.5. The molecule has 0 fully saturated rings. The van der Waals surface area contributed by atoms with Crippen molar-refractivity contribution in [3.63, 3.8) is 0 Å². The summed E-state index contributed by atoms with van der Waals surface area (Å²) >= 11 is 1.41. The second-order valence-electron chi connectivity index (χ2n) is 4.89. The highest BCUT2D eigenvalue weighted by atomic mass is 32.1. The number of aromatic amines is 1. The first kappa shape index (κ1) is 13.6. The van der Waals surface area contributed by atoms with Gasteiger partial charge in [0.15, 0.2) is 5.13 Å². The number of carbonyl (C=O) groups is 1. The number of aromatic nitrogens is 3. The van der Waals surface area contributed by atoms with Crippen LogP contribution in [-0.4, -0.2) is 26.9 Å². The molecule has 0 bridgehead atoms. The maximum Gasteiger partial charge on any atom is 0.277 e. The summed E-state index contributed by atoms with van der Waals surface area (Å²) in [6.07, 6.45) is 0. The molecule has 21 heavy (non-hydrogen) atoms. The van der Waals surface area contributed by atoms with Gasteiger partial charge in [0, 0.05) is 11.4 Å². The normalized spacial score (nSPS) is 11.0. The molecule has 3 rings (SSSR count). The van der Waals surface area contributed by atoms with E-state index in [1.165, 1.54) is 11.3 Å². The van der Waals surface area contributed by atoms with E-state index in [9.17, 15) is 4.79 Å². The molecule has 2 aromatic heterocycles. The van der Waals surface area contributed by atoms with Crippen LogP contribution in [0.2, 0.25) is 0 Å². The first-order chi connectivity index (χ1) is 10.1. The van der Waals surface area contributed by atoms with Crippen molar-refractivity contribution in [1.82, 2.24) is 15.0 Å². The van der Waals surface area contributed by atoms with Crippen molar-refractivity contribution in [2.24, 2.45) is 0 Å². The number of benzene rings is 1. The summed E-state index contributed by atoms with van der Waals surface area (Å²) < 4.78 is 0. The minimum atomic E-state index is -0.276. The minimum Gasteiger partial charge on any atom is -0.359 e. The summed E-state index contributed by atoms with van der Waals surface area (Å²) in [6, 6.07) is 7.89. The molecule has 0 aliphatic rings. The molecule has 108 valence electrons. The van der Waals surface area contributed by atoms with Crippen LogP contribution in [0.5, 0.6) is 0 Å². The molecule has 1 aromatic carbocycles. The molecule has 0 saturated heterocycles. The van der Waals surface area contributed by atoms with Crippen LogP contribution in [0.15, 0.2) is 29.6 Å². The van der Waals surface area contributed by atoms with Gasteiger partial charge in [-0.15, -0.1) is 11.3 Å². The monoisotopic (exact) mass is 301 g/mol. The van der Waals surface area contributed by atoms with E-state index in [0.717, 1.165) is 16.2 Å². The first-order valence-electron chi connectivity index (χ1n) is 6.60. The van der Waals surface area contributed by atoms with Crippen molar-refractivity contribution >= 4 is 39.4 Å². The van der Waals surface area contributed by atoms with Crippen molar-refractivity contribution in [2.75, 3.05) is 10.6 Å². The quantitative estimate of drug-likeness (QED) is 0.691. The molecule has 0 spiro atoms. The number of fused-ring (bicyclic) bond motifs is 1. The number of nitrogens with zero attached hydrogens (tertiary/aromatic N) is 2. The number of nitrogens with one attached hydrogen (secondary N) is 3. The maximum atomic E-state index is 12.1. The van der Waals surface area contributed by atoms with Gasteiger partial charge in [0.25, 0.3) is 5.91 Å². The smallest absolute Gasteiger partial charge is 0.277 e. The van der Waals surface area contributed by atoms with Crippen LogP contribution in [0.1, 0.15) is 24.3 Å². The van der Waals surface area contributed by atoms with Crippen LogP contribution in [0.25, 0.3) is 11.0 Å². The van der Waals surface area contributed by atoms with Gasteiger partial charge in [-0.2, -0.15) is 0 Å². The van der Waals surface area contributed by atoms with E-state index in [0.29, 0.717) is 11.6 Å². The number of carbonyl (C=O) groups excluding carboxylic acids is 1. The molecule has 0 aliphatic heterocycles. The number of rotatable bonds is 4. The lowest BCUT2D eigenvalue weighted by Crippen LogP contribution is -2.14. The van der Waals surface area contributed by atoms with Crippen molar-refractivity contribution in [3.05, 3.63) is 35.3 Å². The van der Waals surface area contributed by atoms with Crippen LogP contribution < -0.4 is 10.6 Å². The Bertz CT molecular complexity index is 743. The zero-order valence-electron chi connectivity index (χ0n) is 11.7. The van der Waals surface area contributed by atoms with Crippen LogP contribution >= 0.6 is 11.3 Å². The fraction of sp³-hybridized carbons (Fsp3) is 0.214. The summed E-state index contributed by atoms with van der Waals surface area (Å²) in [5.41, 5.74) is 2.07. The second-order valence-corrected chi connectivity index (χ2v) is 5.75. The minimum absolute atomic E-state index is 0.276. The van der Waals surface area contributed by atoms with Crippen LogP contribution in [0.3, 0.4) is 0 Å². The highest BCUT2D eigenvalue weighted by Crippen LogP contribution is 2.18. The molecular weight excluding hydrogens is 286 g/mol. The van der Waals surface area contributed by atoms with Gasteiger partial charge >= 0.3 is 0 Å². The third kappa shape index (κ3) is 3.03. The Kier molecular flexibility index (Phi) is 3.57. The molecule has 7 heteroatoms. The summed E-state index contributed by atoms with van der Waals surface area (Å²) in [6.45, 7) is 4.05. The number of amides is 1. The van der Waals surface area contributed by atoms with Gasteiger partial charge in [-0.3, -0.25) is 10.1 Å². The van der Waals surface area contributed by atoms with E-state index >= 15 is 0 Å². The average Bonchev–Trinajstić information content (AvgIpc) is 3.03. The summed E-state index contributed by atoms with van der Waals surface area (Å²) in [4.78, 5) is 23.7. The third-order valence-electron chi connectivity index (χ3n) is 2.77. The lowest BCUT2D eigenvalue weighted by atomic mass is 10.3. The maximum absolute atomic E-state index is 12.1. The van der Waals surface area contributed by atoms with Crippen molar-refractivity contribution in [3.8, 4) is 0 Å². The molecule has 1 amide bonds. The molecule has 0 aliphatic carbocycles. The Hall–Kier alpha value is -2.41. The van der Waals surface area contributed by atoms with Crippen molar-refractivity contribution in [1.29, 1.82) is 0 Å². The molecule has 0 radical (unpaired) electrons. The van der Waals surface area contributed by atoms with Gasteiger partial charge in [-0.25, -0.2) is 9.97 Å². The van der Waals surface area contributed by atoms with Gasteiger partial charge in [-0.05, 0) is 26.0 Å². The van der Waals surface area contributed by atoms with Crippen LogP contribution in [0.4, 0.5) is 11.1 Å². The van der Waals surface area contributed by atoms with Gasteiger partial charge in [0.05, 0.1) is 11.0 Å². The van der Waals surface area contributed by atoms with Crippen molar-refractivity contribution in [2.45, 2.75) is 19.9 Å². The summed E-state index contributed by atoms with van der Waals surface area (Å²) in [7, 11) is 0. The highest BCUT2D eigenvalue weighted by Gasteiger charge is 2.13. The predicted octanol–water partition coefficient (Wildman–Crippen LogP) is 3.09. The third-order valence-corrected chi connectivity index (χ3v) is 3.54. The molecular formula is C14H15N5OS. The van der Waals surface area contributed by atoms with Gasteiger partial charge in [-0.1, -0.05) is 12.1 Å². The zero-order chi connectivity index (χ0) is 14.8. The Balaban J connectivity index is 1.74. The molecule has 6 nitrogen and oxygen atoms in total. The summed E-state index contributed by atoms with van der Waals surface area (Å²) in [5, 5.41) is 8.36. The van der Waals surface area contributed by atoms with E-state index in [4.69, 9.17) is 0 Å². The van der Waals surface area contributed by atoms with E-state index < -0.39 is 0 Å². The molecule has 2 heterocycles. The molecule has 3 aromatic rings. The van der Waals surface area contributed by atoms with E-state index in [-0.39, 0.29) is 11.9 Å². The number of para-hydroxylation sites is 2. The van der Waals surface area contributed by atoms with Crippen molar-refractivity contribution < 1.29 is 4.79 Å². The second kappa shape index (κ2) is 5.53. The number of anilines is 2. The predicted molar refractivity (Wildman–Crippen MR) is 84.9 cm³/mol. The Morgan fingerprint density at radius 1 is 1.29 bits per heavy atom. The largest absolute Gasteiger partial charge is 0.359 e. The van der Waals surface area contributed by atoms with Gasteiger partial charge in [0.2, 0.25) is 5.95 Å². The fourth-order valence-corrected chi connectivity index (χ4v) is 2.71. The Morgan fingerprint density at radius 3 is 2.86 bits per heavy atom.